The minimum Gasteiger partial charge on any atom is -0.397 e. The van der Waals surface area contributed by atoms with E-state index >= 15 is 0 Å². The van der Waals surface area contributed by atoms with E-state index in [4.69, 9.17) is 9.16 Å². The van der Waals surface area contributed by atoms with Gasteiger partial charge in [-0.15, -0.1) is 0 Å². The molecule has 1 unspecified atom stereocenters. The van der Waals surface area contributed by atoms with Crippen LogP contribution in [0.3, 0.4) is 0 Å². The molecule has 0 saturated carbocycles. The van der Waals surface area contributed by atoms with E-state index in [0.717, 1.165) is 19.4 Å². The van der Waals surface area contributed by atoms with Crippen LogP contribution in [0.4, 0.5) is 0 Å². The van der Waals surface area contributed by atoms with Gasteiger partial charge >= 0.3 is 0 Å². The molecule has 1 heterocycles. The Hall–Kier alpha value is -1.21. The minimum absolute atomic E-state index is 0.374. The van der Waals surface area contributed by atoms with Gasteiger partial charge in [0.25, 0.3) is 0 Å². The largest absolute Gasteiger partial charge is 0.397 e. The van der Waals surface area contributed by atoms with Gasteiger partial charge in [0, 0.05) is 6.61 Å². The van der Waals surface area contributed by atoms with Gasteiger partial charge in [0.1, 0.15) is 5.41 Å². The first kappa shape index (κ1) is 16.6. The SMILES string of the molecule is C[SiH](C)OC1([SiH](c2ccccc2)c2ccccc2)CCCCO1. The monoisotopic (exact) mass is 342 g/mol. The first-order valence-corrected chi connectivity index (χ1v) is 13.1. The second-order valence-corrected chi connectivity index (χ2v) is 12.0. The van der Waals surface area contributed by atoms with Gasteiger partial charge < -0.3 is 9.16 Å². The van der Waals surface area contributed by atoms with Crippen molar-refractivity contribution in [1.82, 2.24) is 0 Å². The molecular formula is C19H26O2Si2. The Kier molecular flexibility index (Phi) is 5.48. The van der Waals surface area contributed by atoms with Crippen molar-refractivity contribution in [3.8, 4) is 0 Å². The highest BCUT2D eigenvalue weighted by Gasteiger charge is 2.45. The van der Waals surface area contributed by atoms with Gasteiger partial charge in [0.05, 0.1) is 0 Å². The maximum Gasteiger partial charge on any atom is 0.174 e. The lowest BCUT2D eigenvalue weighted by Gasteiger charge is -2.44. The molecule has 2 aromatic carbocycles. The molecule has 1 saturated heterocycles. The zero-order chi connectivity index (χ0) is 16.1. The molecule has 0 radical (unpaired) electrons. The van der Waals surface area contributed by atoms with E-state index in [1.807, 2.05) is 0 Å². The highest BCUT2D eigenvalue weighted by molar-refractivity contribution is 6.87. The third-order valence-electron chi connectivity index (χ3n) is 4.41. The molecule has 0 spiro atoms. The summed E-state index contributed by atoms with van der Waals surface area (Å²) in [5.74, 6) is 0. The molecule has 0 bridgehead atoms. The van der Waals surface area contributed by atoms with E-state index in [2.05, 4.69) is 73.8 Å². The van der Waals surface area contributed by atoms with Gasteiger partial charge in [-0.3, -0.25) is 0 Å². The fourth-order valence-corrected chi connectivity index (χ4v) is 9.31. The number of hydrogen-bond donors (Lipinski definition) is 0. The summed E-state index contributed by atoms with van der Waals surface area (Å²) in [6.45, 7) is 5.33. The summed E-state index contributed by atoms with van der Waals surface area (Å²) < 4.78 is 13.0. The van der Waals surface area contributed by atoms with E-state index in [-0.39, 0.29) is 5.41 Å². The third kappa shape index (κ3) is 3.83. The Morgan fingerprint density at radius 2 is 1.43 bits per heavy atom. The average Bonchev–Trinajstić information content (AvgIpc) is 2.57. The molecule has 1 atom stereocenters. The van der Waals surface area contributed by atoms with Crippen LogP contribution in [0.25, 0.3) is 0 Å². The van der Waals surface area contributed by atoms with Crippen LogP contribution in [-0.4, -0.2) is 29.9 Å². The smallest absolute Gasteiger partial charge is 0.174 e. The number of ether oxygens (including phenoxy) is 1. The fraction of sp³-hybridized carbons (Fsp3) is 0.368. The summed E-state index contributed by atoms with van der Waals surface area (Å²) in [6, 6.07) is 21.8. The van der Waals surface area contributed by atoms with Crippen LogP contribution < -0.4 is 10.4 Å². The van der Waals surface area contributed by atoms with Crippen LogP contribution in [0.5, 0.6) is 0 Å². The van der Waals surface area contributed by atoms with Gasteiger partial charge in [0.2, 0.25) is 0 Å². The fourth-order valence-electron chi connectivity index (χ4n) is 3.57. The maximum atomic E-state index is 6.63. The molecule has 3 rings (SSSR count). The van der Waals surface area contributed by atoms with E-state index in [9.17, 15) is 0 Å². The quantitative estimate of drug-likeness (QED) is 0.777. The van der Waals surface area contributed by atoms with Gasteiger partial charge in [-0.1, -0.05) is 71.0 Å². The molecule has 2 nitrogen and oxygen atoms in total. The predicted octanol–water partition coefficient (Wildman–Crippen LogP) is 2.46. The normalized spacial score (nSPS) is 21.7. The van der Waals surface area contributed by atoms with Crippen molar-refractivity contribution in [3.05, 3.63) is 60.7 Å². The maximum absolute atomic E-state index is 6.63. The highest BCUT2D eigenvalue weighted by Crippen LogP contribution is 2.30. The Morgan fingerprint density at radius 1 is 0.870 bits per heavy atom. The summed E-state index contributed by atoms with van der Waals surface area (Å²) in [5, 5.41) is 2.82. The van der Waals surface area contributed by atoms with E-state index in [1.54, 1.807) is 0 Å². The van der Waals surface area contributed by atoms with Crippen molar-refractivity contribution >= 4 is 28.2 Å². The van der Waals surface area contributed by atoms with Crippen LogP contribution >= 0.6 is 0 Å². The van der Waals surface area contributed by atoms with Crippen molar-refractivity contribution in [3.63, 3.8) is 0 Å². The summed E-state index contributed by atoms with van der Waals surface area (Å²) in [4.78, 5) is 0. The Labute approximate surface area is 142 Å². The van der Waals surface area contributed by atoms with Gasteiger partial charge in [-0.25, -0.2) is 0 Å². The zero-order valence-corrected chi connectivity index (χ0v) is 16.4. The molecule has 2 aromatic rings. The standard InChI is InChI=1S/C19H26O2Si2/c1-22(2)21-19(15-9-10-16-20-19)23(17-11-5-3-6-12-17)18-13-7-4-8-14-18/h3-8,11-14,22-23H,9-10,15-16H2,1-2H3. The van der Waals surface area contributed by atoms with Crippen molar-refractivity contribution in [2.45, 2.75) is 37.8 Å². The molecule has 122 valence electrons. The van der Waals surface area contributed by atoms with Crippen LogP contribution in [-0.2, 0) is 9.16 Å². The molecule has 1 aliphatic heterocycles. The number of rotatable bonds is 5. The Balaban J connectivity index is 2.08. The summed E-state index contributed by atoms with van der Waals surface area (Å²) in [7, 11) is -2.84. The molecule has 0 aliphatic carbocycles. The van der Waals surface area contributed by atoms with Crippen molar-refractivity contribution < 1.29 is 9.16 Å². The lowest BCUT2D eigenvalue weighted by molar-refractivity contribution is -0.149. The van der Waals surface area contributed by atoms with Gasteiger partial charge in [-0.05, 0) is 32.4 Å². The van der Waals surface area contributed by atoms with Crippen molar-refractivity contribution in [2.75, 3.05) is 6.61 Å². The van der Waals surface area contributed by atoms with Crippen molar-refractivity contribution in [1.29, 1.82) is 0 Å². The molecule has 1 aliphatic rings. The zero-order valence-electron chi connectivity index (χ0n) is 14.1. The molecule has 23 heavy (non-hydrogen) atoms. The van der Waals surface area contributed by atoms with Crippen LogP contribution in [0.2, 0.25) is 13.1 Å². The number of hydrogen-bond acceptors (Lipinski definition) is 2. The third-order valence-corrected chi connectivity index (χ3v) is 9.12. The Morgan fingerprint density at radius 3 is 1.87 bits per heavy atom. The van der Waals surface area contributed by atoms with E-state index < -0.39 is 17.8 Å². The summed E-state index contributed by atoms with van der Waals surface area (Å²) in [5.41, 5.74) is -0.374. The molecule has 0 amide bonds. The van der Waals surface area contributed by atoms with Crippen LogP contribution in [0.1, 0.15) is 19.3 Å². The van der Waals surface area contributed by atoms with Crippen LogP contribution in [0.15, 0.2) is 60.7 Å². The van der Waals surface area contributed by atoms with Crippen molar-refractivity contribution in [2.24, 2.45) is 0 Å². The first-order chi connectivity index (χ1) is 11.2. The summed E-state index contributed by atoms with van der Waals surface area (Å²) in [6.07, 6.45) is 3.37. The topological polar surface area (TPSA) is 18.5 Å². The molecule has 1 fully saturated rings. The summed E-state index contributed by atoms with van der Waals surface area (Å²) >= 11 is 0. The lowest BCUT2D eigenvalue weighted by Crippen LogP contribution is -2.65. The van der Waals surface area contributed by atoms with Crippen LogP contribution in [0, 0.1) is 0 Å². The Bertz CT molecular complexity index is 556. The van der Waals surface area contributed by atoms with E-state index in [1.165, 1.54) is 16.8 Å². The molecule has 0 N–H and O–H groups in total. The van der Waals surface area contributed by atoms with Gasteiger partial charge in [-0.2, -0.15) is 0 Å². The lowest BCUT2D eigenvalue weighted by atomic mass is 10.2. The second-order valence-electron chi connectivity index (χ2n) is 6.54. The van der Waals surface area contributed by atoms with Gasteiger partial charge in [0.15, 0.2) is 17.8 Å². The highest BCUT2D eigenvalue weighted by atomic mass is 28.3. The molecule has 0 aromatic heterocycles. The first-order valence-electron chi connectivity index (χ1n) is 8.63. The molecule has 4 heteroatoms. The average molecular weight is 343 g/mol. The second kappa shape index (κ2) is 7.58. The molecular weight excluding hydrogens is 316 g/mol. The number of benzene rings is 2. The predicted molar refractivity (Wildman–Crippen MR) is 102 cm³/mol. The minimum atomic E-state index is -1.63. The van der Waals surface area contributed by atoms with E-state index in [0.29, 0.717) is 0 Å².